The molecule has 1 atom stereocenters. The van der Waals surface area contributed by atoms with Crippen molar-refractivity contribution >= 4 is 17.4 Å². The average Bonchev–Trinajstić information content (AvgIpc) is 3.00. The zero-order valence-electron chi connectivity index (χ0n) is 13.7. The first kappa shape index (κ1) is 17.4. The summed E-state index contributed by atoms with van der Waals surface area (Å²) in [7, 11) is 0. The van der Waals surface area contributed by atoms with E-state index in [0.29, 0.717) is 6.54 Å². The van der Waals surface area contributed by atoms with Gasteiger partial charge in [0, 0.05) is 10.8 Å². The highest BCUT2D eigenvalue weighted by Gasteiger charge is 2.18. The Balaban J connectivity index is 1.88. The van der Waals surface area contributed by atoms with Gasteiger partial charge in [0.2, 0.25) is 0 Å². The molecule has 0 fully saturated rings. The van der Waals surface area contributed by atoms with Crippen LogP contribution in [0.2, 0.25) is 0 Å². The normalized spacial score (nSPS) is 12.7. The third-order valence-corrected chi connectivity index (χ3v) is 4.26. The molecule has 2 amide bonds. The number of hydrogen-bond acceptors (Lipinski definition) is 4. The van der Waals surface area contributed by atoms with Crippen molar-refractivity contribution in [2.75, 3.05) is 6.61 Å². The molecule has 1 aromatic carbocycles. The Bertz CT molecular complexity index is 635. The number of rotatable bonds is 5. The number of amides is 2. The molecule has 0 bridgehead atoms. The molecule has 3 N–H and O–H groups in total. The number of nitrogens with zero attached hydrogens (tertiary/aromatic N) is 1. The topological polar surface area (TPSA) is 74.2 Å². The Morgan fingerprint density at radius 3 is 2.57 bits per heavy atom. The predicted molar refractivity (Wildman–Crippen MR) is 92.5 cm³/mol. The van der Waals surface area contributed by atoms with Gasteiger partial charge in [-0.05, 0) is 5.56 Å². The molecule has 2 rings (SSSR count). The number of urea groups is 1. The molecule has 6 heteroatoms. The highest BCUT2D eigenvalue weighted by molar-refractivity contribution is 7.09. The molecule has 0 saturated heterocycles. The second kappa shape index (κ2) is 7.57. The summed E-state index contributed by atoms with van der Waals surface area (Å²) in [5.74, 6) is 0. The van der Waals surface area contributed by atoms with E-state index in [9.17, 15) is 9.90 Å². The van der Waals surface area contributed by atoms with Crippen molar-refractivity contribution in [3.8, 4) is 0 Å². The molecule has 5 nitrogen and oxygen atoms in total. The molecule has 0 spiro atoms. The summed E-state index contributed by atoms with van der Waals surface area (Å²) < 4.78 is 0. The van der Waals surface area contributed by atoms with Crippen LogP contribution in [0.4, 0.5) is 4.79 Å². The molecular weight excluding hydrogens is 310 g/mol. The van der Waals surface area contributed by atoms with Crippen LogP contribution >= 0.6 is 11.3 Å². The van der Waals surface area contributed by atoms with Crippen LogP contribution in [-0.4, -0.2) is 22.7 Å². The Labute approximate surface area is 140 Å². The van der Waals surface area contributed by atoms with Crippen LogP contribution < -0.4 is 10.6 Å². The van der Waals surface area contributed by atoms with Gasteiger partial charge in [-0.25, -0.2) is 9.78 Å². The third-order valence-electron chi connectivity index (χ3n) is 3.41. The van der Waals surface area contributed by atoms with E-state index in [2.05, 4.69) is 36.4 Å². The van der Waals surface area contributed by atoms with Gasteiger partial charge in [-0.3, -0.25) is 0 Å². The van der Waals surface area contributed by atoms with Gasteiger partial charge in [0.1, 0.15) is 5.01 Å². The monoisotopic (exact) mass is 333 g/mol. The largest absolute Gasteiger partial charge is 0.394 e. The number of carbonyl (C=O) groups is 1. The van der Waals surface area contributed by atoms with Gasteiger partial charge in [0.25, 0.3) is 0 Å². The van der Waals surface area contributed by atoms with Gasteiger partial charge in [-0.2, -0.15) is 0 Å². The van der Waals surface area contributed by atoms with E-state index in [1.54, 1.807) is 0 Å². The van der Waals surface area contributed by atoms with Crippen LogP contribution in [0.3, 0.4) is 0 Å². The Morgan fingerprint density at radius 2 is 2.00 bits per heavy atom. The lowest BCUT2D eigenvalue weighted by atomic mass is 9.93. The summed E-state index contributed by atoms with van der Waals surface area (Å²) in [6.45, 7) is 6.55. The van der Waals surface area contributed by atoms with Gasteiger partial charge < -0.3 is 15.7 Å². The number of aromatic nitrogens is 1. The van der Waals surface area contributed by atoms with Gasteiger partial charge in [0.15, 0.2) is 0 Å². The van der Waals surface area contributed by atoms with Gasteiger partial charge in [0.05, 0.1) is 24.9 Å². The zero-order valence-corrected chi connectivity index (χ0v) is 14.5. The fraction of sp³-hybridized carbons (Fsp3) is 0.412. The van der Waals surface area contributed by atoms with Gasteiger partial charge >= 0.3 is 6.03 Å². The number of aliphatic hydroxyl groups is 1. The zero-order chi connectivity index (χ0) is 16.9. The minimum Gasteiger partial charge on any atom is -0.394 e. The van der Waals surface area contributed by atoms with Crippen molar-refractivity contribution in [3.63, 3.8) is 0 Å². The quantitative estimate of drug-likeness (QED) is 0.787. The number of hydrogen-bond donors (Lipinski definition) is 3. The van der Waals surface area contributed by atoms with Crippen LogP contribution in [0.5, 0.6) is 0 Å². The summed E-state index contributed by atoms with van der Waals surface area (Å²) in [6.07, 6.45) is 0. The lowest BCUT2D eigenvalue weighted by molar-refractivity contribution is 0.216. The molecule has 0 saturated carbocycles. The van der Waals surface area contributed by atoms with Gasteiger partial charge in [-0.1, -0.05) is 51.1 Å². The molecule has 0 aliphatic carbocycles. The third kappa shape index (κ3) is 5.04. The van der Waals surface area contributed by atoms with Crippen LogP contribution in [0.1, 0.15) is 43.1 Å². The van der Waals surface area contributed by atoms with E-state index in [4.69, 9.17) is 0 Å². The Morgan fingerprint density at radius 1 is 1.30 bits per heavy atom. The SMILES string of the molecule is CC(C)(C)c1csc(CNC(=O)NC(CO)c2ccccc2)n1. The van der Waals surface area contributed by atoms with E-state index >= 15 is 0 Å². The van der Waals surface area contributed by atoms with Crippen molar-refractivity contribution in [2.45, 2.75) is 38.8 Å². The van der Waals surface area contributed by atoms with Gasteiger partial charge in [-0.15, -0.1) is 11.3 Å². The molecule has 0 radical (unpaired) electrons. The molecule has 0 aliphatic heterocycles. The van der Waals surface area contributed by atoms with Crippen LogP contribution in [0.25, 0.3) is 0 Å². The molecule has 0 aliphatic rings. The van der Waals surface area contributed by atoms with Crippen molar-refractivity contribution in [1.29, 1.82) is 0 Å². The first-order chi connectivity index (χ1) is 10.9. The number of aliphatic hydroxyl groups excluding tert-OH is 1. The highest BCUT2D eigenvalue weighted by Crippen LogP contribution is 2.23. The number of thiazole rings is 1. The number of carbonyl (C=O) groups excluding carboxylic acids is 1. The maximum atomic E-state index is 12.0. The highest BCUT2D eigenvalue weighted by atomic mass is 32.1. The second-order valence-corrected chi connectivity index (χ2v) is 7.29. The van der Waals surface area contributed by atoms with E-state index in [0.717, 1.165) is 16.3 Å². The second-order valence-electron chi connectivity index (χ2n) is 6.35. The summed E-state index contributed by atoms with van der Waals surface area (Å²) in [5.41, 5.74) is 1.90. The Kier molecular flexibility index (Phi) is 5.74. The van der Waals surface area contributed by atoms with Crippen molar-refractivity contribution in [3.05, 3.63) is 52.0 Å². The van der Waals surface area contributed by atoms with Crippen LogP contribution in [-0.2, 0) is 12.0 Å². The molecular formula is C17H23N3O2S. The molecule has 124 valence electrons. The predicted octanol–water partition coefficient (Wildman–Crippen LogP) is 2.97. The molecule has 1 heterocycles. The molecule has 23 heavy (non-hydrogen) atoms. The molecule has 1 unspecified atom stereocenters. The maximum absolute atomic E-state index is 12.0. The van der Waals surface area contributed by atoms with Crippen LogP contribution in [0.15, 0.2) is 35.7 Å². The smallest absolute Gasteiger partial charge is 0.315 e. The van der Waals surface area contributed by atoms with E-state index in [-0.39, 0.29) is 18.1 Å². The fourth-order valence-corrected chi connectivity index (χ4v) is 2.98. The van der Waals surface area contributed by atoms with Crippen molar-refractivity contribution < 1.29 is 9.90 Å². The minimum absolute atomic E-state index is 0.00625. The summed E-state index contributed by atoms with van der Waals surface area (Å²) in [6, 6.07) is 8.66. The maximum Gasteiger partial charge on any atom is 0.315 e. The standard InChI is InChI=1S/C17H23N3O2S/c1-17(2,3)14-11-23-15(20-14)9-18-16(22)19-13(10-21)12-7-5-4-6-8-12/h4-8,11,13,21H,9-10H2,1-3H3,(H2,18,19,22). The molecule has 2 aromatic rings. The van der Waals surface area contributed by atoms with Crippen LogP contribution in [0, 0.1) is 0 Å². The average molecular weight is 333 g/mol. The fourth-order valence-electron chi connectivity index (χ4n) is 2.02. The number of benzene rings is 1. The lowest BCUT2D eigenvalue weighted by Gasteiger charge is -2.17. The van der Waals surface area contributed by atoms with Crippen molar-refractivity contribution in [2.24, 2.45) is 0 Å². The van der Waals surface area contributed by atoms with E-state index in [1.807, 2.05) is 35.7 Å². The summed E-state index contributed by atoms with van der Waals surface area (Å²) >= 11 is 1.54. The van der Waals surface area contributed by atoms with Crippen molar-refractivity contribution in [1.82, 2.24) is 15.6 Å². The summed E-state index contributed by atoms with van der Waals surface area (Å²) in [5, 5.41) is 17.9. The number of nitrogens with one attached hydrogen (secondary N) is 2. The molecule has 1 aromatic heterocycles. The Hall–Kier alpha value is -1.92. The minimum atomic E-state index is -0.419. The first-order valence-electron chi connectivity index (χ1n) is 7.55. The summed E-state index contributed by atoms with van der Waals surface area (Å²) in [4.78, 5) is 16.5. The lowest BCUT2D eigenvalue weighted by Crippen LogP contribution is -2.38. The first-order valence-corrected chi connectivity index (χ1v) is 8.43. The van der Waals surface area contributed by atoms with E-state index < -0.39 is 6.04 Å². The van der Waals surface area contributed by atoms with E-state index in [1.165, 1.54) is 11.3 Å².